The Morgan fingerprint density at radius 3 is 2.46 bits per heavy atom. The molecule has 0 unspecified atom stereocenters. The predicted molar refractivity (Wildman–Crippen MR) is 89.8 cm³/mol. The fourth-order valence-corrected chi connectivity index (χ4v) is 2.21. The number of aliphatic carboxylic acids is 1. The monoisotopic (exact) mass is 330 g/mol. The lowest BCUT2D eigenvalue weighted by Crippen LogP contribution is -2.13. The molecule has 7 nitrogen and oxygen atoms in total. The molecular weight excluding hydrogens is 308 g/mol. The molecule has 0 saturated carbocycles. The van der Waals surface area contributed by atoms with Crippen molar-refractivity contribution >= 4 is 17.7 Å². The molecule has 0 aliphatic heterocycles. The summed E-state index contributed by atoms with van der Waals surface area (Å²) in [7, 11) is 0. The number of carbonyl (C=O) groups excluding carboxylic acids is 1. The minimum Gasteiger partial charge on any atom is -0.480 e. The Kier molecular flexibility index (Phi) is 5.33. The number of carbonyl (C=O) groups is 2. The van der Waals surface area contributed by atoms with Crippen molar-refractivity contribution in [3.05, 3.63) is 41.6 Å². The van der Waals surface area contributed by atoms with Gasteiger partial charge >= 0.3 is 5.97 Å². The number of nitrogens with zero attached hydrogens (tertiary/aromatic N) is 3. The van der Waals surface area contributed by atoms with Gasteiger partial charge in [0.15, 0.2) is 5.82 Å². The van der Waals surface area contributed by atoms with Crippen molar-refractivity contribution in [3.8, 4) is 0 Å². The molecule has 1 aromatic carbocycles. The molecule has 0 bridgehead atoms. The largest absolute Gasteiger partial charge is 0.480 e. The Balaban J connectivity index is 1.84. The van der Waals surface area contributed by atoms with E-state index in [0.29, 0.717) is 12.8 Å². The SMILES string of the molecule is CC(C)(C)c1ccc(CCC(=O)Nc2cn(CC(=O)O)nn2)cc1. The summed E-state index contributed by atoms with van der Waals surface area (Å²) in [4.78, 5) is 22.5. The van der Waals surface area contributed by atoms with Crippen LogP contribution in [0.4, 0.5) is 5.82 Å². The molecule has 128 valence electrons. The van der Waals surface area contributed by atoms with Crippen LogP contribution in [0.15, 0.2) is 30.5 Å². The van der Waals surface area contributed by atoms with E-state index in [9.17, 15) is 9.59 Å². The van der Waals surface area contributed by atoms with Gasteiger partial charge in [-0.1, -0.05) is 50.3 Å². The summed E-state index contributed by atoms with van der Waals surface area (Å²) < 4.78 is 1.16. The second-order valence-electron chi connectivity index (χ2n) is 6.69. The second-order valence-corrected chi connectivity index (χ2v) is 6.69. The van der Waals surface area contributed by atoms with E-state index in [1.54, 1.807) is 0 Å². The number of amides is 1. The highest BCUT2D eigenvalue weighted by Gasteiger charge is 2.13. The third kappa shape index (κ3) is 5.19. The summed E-state index contributed by atoms with van der Waals surface area (Å²) in [5.41, 5.74) is 2.45. The number of aryl methyl sites for hydroxylation is 1. The minimum absolute atomic E-state index is 0.109. The first-order chi connectivity index (χ1) is 11.2. The van der Waals surface area contributed by atoms with E-state index in [0.717, 1.165) is 10.2 Å². The van der Waals surface area contributed by atoms with Crippen LogP contribution in [-0.2, 0) is 28.0 Å². The number of rotatable bonds is 6. The summed E-state index contributed by atoms with van der Waals surface area (Å²) in [6.45, 7) is 6.19. The minimum atomic E-state index is -1.02. The number of anilines is 1. The molecule has 2 rings (SSSR count). The average molecular weight is 330 g/mol. The molecular formula is C17H22N4O3. The molecule has 0 aliphatic rings. The molecule has 0 spiro atoms. The molecule has 0 fully saturated rings. The van der Waals surface area contributed by atoms with Gasteiger partial charge in [-0.2, -0.15) is 0 Å². The van der Waals surface area contributed by atoms with Crippen LogP contribution in [0.5, 0.6) is 0 Å². The van der Waals surface area contributed by atoms with Gasteiger partial charge in [-0.3, -0.25) is 9.59 Å². The third-order valence-corrected chi connectivity index (χ3v) is 3.56. The number of carboxylic acids is 1. The lowest BCUT2D eigenvalue weighted by Gasteiger charge is -2.19. The predicted octanol–water partition coefficient (Wildman–Crippen LogP) is 2.23. The number of aromatic nitrogens is 3. The summed E-state index contributed by atoms with van der Waals surface area (Å²) in [5, 5.41) is 18.6. The Hall–Kier alpha value is -2.70. The van der Waals surface area contributed by atoms with Crippen molar-refractivity contribution in [1.82, 2.24) is 15.0 Å². The van der Waals surface area contributed by atoms with E-state index in [1.807, 2.05) is 12.1 Å². The molecule has 2 aromatic rings. The zero-order valence-electron chi connectivity index (χ0n) is 14.1. The van der Waals surface area contributed by atoms with Crippen LogP contribution < -0.4 is 5.32 Å². The normalized spacial score (nSPS) is 11.3. The first-order valence-electron chi connectivity index (χ1n) is 7.75. The number of hydrogen-bond acceptors (Lipinski definition) is 4. The number of carboxylic acid groups (broad SMARTS) is 1. The maximum atomic E-state index is 11.9. The summed E-state index contributed by atoms with van der Waals surface area (Å²) in [6.07, 6.45) is 2.34. The smallest absolute Gasteiger partial charge is 0.325 e. The topological polar surface area (TPSA) is 97.1 Å². The van der Waals surface area contributed by atoms with Gasteiger partial charge in [-0.25, -0.2) is 4.68 Å². The Labute approximate surface area is 140 Å². The molecule has 0 aliphatic carbocycles. The lowest BCUT2D eigenvalue weighted by atomic mass is 9.86. The molecule has 0 atom stereocenters. The van der Waals surface area contributed by atoms with Crippen molar-refractivity contribution in [3.63, 3.8) is 0 Å². The summed E-state index contributed by atoms with van der Waals surface area (Å²) in [6, 6.07) is 8.25. The first-order valence-corrected chi connectivity index (χ1v) is 7.75. The van der Waals surface area contributed by atoms with Crippen LogP contribution in [-0.4, -0.2) is 32.0 Å². The van der Waals surface area contributed by atoms with E-state index in [-0.39, 0.29) is 23.7 Å². The van der Waals surface area contributed by atoms with Gasteiger partial charge in [0.1, 0.15) is 6.54 Å². The van der Waals surface area contributed by atoms with E-state index in [2.05, 4.69) is 48.5 Å². The molecule has 0 radical (unpaired) electrons. The van der Waals surface area contributed by atoms with Crippen LogP contribution in [0.2, 0.25) is 0 Å². The molecule has 24 heavy (non-hydrogen) atoms. The Bertz CT molecular complexity index is 714. The molecule has 1 heterocycles. The van der Waals surface area contributed by atoms with Crippen molar-refractivity contribution in [2.75, 3.05) is 5.32 Å². The number of benzene rings is 1. The third-order valence-electron chi connectivity index (χ3n) is 3.56. The quantitative estimate of drug-likeness (QED) is 0.846. The van der Waals surface area contributed by atoms with Gasteiger partial charge < -0.3 is 10.4 Å². The zero-order chi connectivity index (χ0) is 17.7. The number of nitrogens with one attached hydrogen (secondary N) is 1. The number of hydrogen-bond donors (Lipinski definition) is 2. The maximum absolute atomic E-state index is 11.9. The van der Waals surface area contributed by atoms with Crippen LogP contribution >= 0.6 is 0 Å². The fraction of sp³-hybridized carbons (Fsp3) is 0.412. The molecule has 7 heteroatoms. The van der Waals surface area contributed by atoms with Crippen molar-refractivity contribution in [2.24, 2.45) is 0 Å². The average Bonchev–Trinajstić information content (AvgIpc) is 2.91. The van der Waals surface area contributed by atoms with Crippen molar-refractivity contribution in [2.45, 2.75) is 45.6 Å². The van der Waals surface area contributed by atoms with E-state index >= 15 is 0 Å². The standard InChI is InChI=1S/C17H22N4O3/c1-17(2,3)13-7-4-12(5-8-13)6-9-15(22)18-14-10-21(20-19-14)11-16(23)24/h4-5,7-8,10H,6,9,11H2,1-3H3,(H,18,22)(H,23,24). The fourth-order valence-electron chi connectivity index (χ4n) is 2.21. The first kappa shape index (κ1) is 17.7. The van der Waals surface area contributed by atoms with E-state index in [1.165, 1.54) is 11.8 Å². The van der Waals surface area contributed by atoms with E-state index < -0.39 is 5.97 Å². The summed E-state index contributed by atoms with van der Waals surface area (Å²) >= 11 is 0. The van der Waals surface area contributed by atoms with Gasteiger partial charge in [0.25, 0.3) is 0 Å². The highest BCUT2D eigenvalue weighted by molar-refractivity contribution is 5.89. The van der Waals surface area contributed by atoms with Crippen LogP contribution in [0.25, 0.3) is 0 Å². The van der Waals surface area contributed by atoms with Gasteiger partial charge in [0, 0.05) is 6.42 Å². The van der Waals surface area contributed by atoms with Gasteiger partial charge in [-0.15, -0.1) is 5.10 Å². The molecule has 1 aromatic heterocycles. The molecule has 1 amide bonds. The highest BCUT2D eigenvalue weighted by Crippen LogP contribution is 2.22. The molecule has 2 N–H and O–H groups in total. The highest BCUT2D eigenvalue weighted by atomic mass is 16.4. The van der Waals surface area contributed by atoms with Crippen molar-refractivity contribution < 1.29 is 14.7 Å². The van der Waals surface area contributed by atoms with Crippen LogP contribution in [0, 0.1) is 0 Å². The second kappa shape index (κ2) is 7.25. The zero-order valence-corrected chi connectivity index (χ0v) is 14.1. The maximum Gasteiger partial charge on any atom is 0.325 e. The molecule has 0 saturated heterocycles. The van der Waals surface area contributed by atoms with E-state index in [4.69, 9.17) is 5.11 Å². The lowest BCUT2D eigenvalue weighted by molar-refractivity contribution is -0.137. The van der Waals surface area contributed by atoms with Crippen LogP contribution in [0.3, 0.4) is 0 Å². The summed E-state index contributed by atoms with van der Waals surface area (Å²) in [5.74, 6) is -0.946. The Morgan fingerprint density at radius 1 is 1.21 bits per heavy atom. The Morgan fingerprint density at radius 2 is 1.88 bits per heavy atom. The van der Waals surface area contributed by atoms with Gasteiger partial charge in [0.2, 0.25) is 5.91 Å². The van der Waals surface area contributed by atoms with Gasteiger partial charge in [-0.05, 0) is 23.0 Å². The van der Waals surface area contributed by atoms with Crippen molar-refractivity contribution in [1.29, 1.82) is 0 Å². The van der Waals surface area contributed by atoms with Crippen LogP contribution in [0.1, 0.15) is 38.3 Å². The van der Waals surface area contributed by atoms with Gasteiger partial charge in [0.05, 0.1) is 6.20 Å².